The molecule has 0 N–H and O–H groups in total. The molecule has 1 atom stereocenters. The average Bonchev–Trinajstić information content (AvgIpc) is 3.50. The Kier molecular flexibility index (Phi) is 5.63. The molecule has 0 bridgehead atoms. The predicted octanol–water partition coefficient (Wildman–Crippen LogP) is 4.62. The van der Waals surface area contributed by atoms with Crippen LogP contribution in [-0.4, -0.2) is 39.1 Å². The van der Waals surface area contributed by atoms with E-state index >= 15 is 0 Å². The van der Waals surface area contributed by atoms with Gasteiger partial charge in [-0.15, -0.1) is 11.3 Å². The second kappa shape index (κ2) is 8.11. The van der Waals surface area contributed by atoms with Gasteiger partial charge in [0.25, 0.3) is 5.56 Å². The molecule has 5 nitrogen and oxygen atoms in total. The molecule has 1 saturated carbocycles. The lowest BCUT2D eigenvalue weighted by molar-refractivity contribution is -0.166. The van der Waals surface area contributed by atoms with Crippen LogP contribution in [0.2, 0.25) is 0 Å². The van der Waals surface area contributed by atoms with Gasteiger partial charge in [0.2, 0.25) is 5.91 Å². The van der Waals surface area contributed by atoms with Gasteiger partial charge in [0, 0.05) is 16.5 Å². The molecule has 0 radical (unpaired) electrons. The van der Waals surface area contributed by atoms with Crippen LogP contribution >= 0.6 is 11.3 Å². The minimum atomic E-state index is -4.50. The van der Waals surface area contributed by atoms with E-state index < -0.39 is 36.8 Å². The molecule has 0 saturated heterocycles. The summed E-state index contributed by atoms with van der Waals surface area (Å²) >= 11 is 1.38. The highest BCUT2D eigenvalue weighted by Gasteiger charge is 2.40. The molecule has 0 spiro atoms. The number of benzene rings is 1. The van der Waals surface area contributed by atoms with Gasteiger partial charge in [0.05, 0.1) is 11.7 Å². The van der Waals surface area contributed by atoms with Gasteiger partial charge in [-0.05, 0) is 38.2 Å². The van der Waals surface area contributed by atoms with Gasteiger partial charge < -0.3 is 4.90 Å². The van der Waals surface area contributed by atoms with E-state index in [1.165, 1.54) is 17.7 Å². The number of carbonyl (C=O) groups is 1. The van der Waals surface area contributed by atoms with Gasteiger partial charge in [0.1, 0.15) is 17.9 Å². The first-order valence-electron chi connectivity index (χ1n) is 10.1. The number of fused-ring (bicyclic) bond motifs is 1. The van der Waals surface area contributed by atoms with Crippen LogP contribution < -0.4 is 5.56 Å². The normalized spacial score (nSPS) is 15.3. The van der Waals surface area contributed by atoms with Crippen LogP contribution in [0.15, 0.2) is 41.5 Å². The van der Waals surface area contributed by atoms with Gasteiger partial charge in [-0.1, -0.05) is 30.3 Å². The van der Waals surface area contributed by atoms with Crippen molar-refractivity contribution in [2.45, 2.75) is 45.5 Å². The first-order valence-corrected chi connectivity index (χ1v) is 10.9. The summed E-state index contributed by atoms with van der Waals surface area (Å²) in [7, 11) is 0. The van der Waals surface area contributed by atoms with Crippen LogP contribution in [0.5, 0.6) is 0 Å². The van der Waals surface area contributed by atoms with Crippen molar-refractivity contribution < 1.29 is 18.0 Å². The summed E-state index contributed by atoms with van der Waals surface area (Å²) in [4.78, 5) is 32.7. The largest absolute Gasteiger partial charge is 0.406 e. The number of aryl methyl sites for hydroxylation is 1. The first kappa shape index (κ1) is 21.5. The number of rotatable bonds is 6. The number of hydrogen-bond donors (Lipinski definition) is 0. The molecule has 1 aliphatic rings. The van der Waals surface area contributed by atoms with Gasteiger partial charge >= 0.3 is 6.18 Å². The minimum Gasteiger partial charge on any atom is -0.329 e. The van der Waals surface area contributed by atoms with Crippen molar-refractivity contribution in [3.8, 4) is 11.1 Å². The van der Waals surface area contributed by atoms with Crippen LogP contribution in [0.4, 0.5) is 13.2 Å². The van der Waals surface area contributed by atoms with Gasteiger partial charge in [0.15, 0.2) is 0 Å². The predicted molar refractivity (Wildman–Crippen MR) is 114 cm³/mol. The van der Waals surface area contributed by atoms with Crippen LogP contribution in [0, 0.1) is 12.8 Å². The van der Waals surface area contributed by atoms with Gasteiger partial charge in [-0.3, -0.25) is 14.2 Å². The van der Waals surface area contributed by atoms with Crippen molar-refractivity contribution in [1.29, 1.82) is 0 Å². The lowest BCUT2D eigenvalue weighted by atomic mass is 10.0. The van der Waals surface area contributed by atoms with Gasteiger partial charge in [-0.2, -0.15) is 13.2 Å². The lowest BCUT2D eigenvalue weighted by Crippen LogP contribution is -2.47. The van der Waals surface area contributed by atoms with Crippen molar-refractivity contribution >= 4 is 27.5 Å². The summed E-state index contributed by atoms with van der Waals surface area (Å²) in [6.45, 7) is 1.74. The third-order valence-electron chi connectivity index (χ3n) is 5.69. The summed E-state index contributed by atoms with van der Waals surface area (Å²) in [6, 6.07) is 8.86. The number of halogens is 3. The topological polar surface area (TPSA) is 55.2 Å². The molecule has 2 heterocycles. The van der Waals surface area contributed by atoms with Crippen molar-refractivity contribution in [3.63, 3.8) is 0 Å². The number of hydrogen-bond acceptors (Lipinski definition) is 4. The zero-order valence-corrected chi connectivity index (χ0v) is 18.0. The highest BCUT2D eigenvalue weighted by Crippen LogP contribution is 2.37. The highest BCUT2D eigenvalue weighted by atomic mass is 32.1. The fourth-order valence-corrected chi connectivity index (χ4v) is 4.93. The number of carbonyl (C=O) groups excluding carboxylic acids is 1. The SMILES string of the molecule is Cc1sc2ncn(CC(=O)N(CC(F)(F)F)[C@@H](C)C3CC3)c(=O)c2c1-c1ccccc1. The maximum absolute atomic E-state index is 13.2. The Morgan fingerprint density at radius 2 is 1.97 bits per heavy atom. The Labute approximate surface area is 181 Å². The van der Waals surface area contributed by atoms with Crippen LogP contribution in [-0.2, 0) is 11.3 Å². The maximum Gasteiger partial charge on any atom is 0.406 e. The molecule has 9 heteroatoms. The Hall–Kier alpha value is -2.68. The molecule has 0 aliphatic heterocycles. The first-order chi connectivity index (χ1) is 14.7. The van der Waals surface area contributed by atoms with E-state index in [9.17, 15) is 22.8 Å². The van der Waals surface area contributed by atoms with Crippen molar-refractivity contribution in [1.82, 2.24) is 14.5 Å². The monoisotopic (exact) mass is 449 g/mol. The summed E-state index contributed by atoms with van der Waals surface area (Å²) in [5.41, 5.74) is 1.18. The lowest BCUT2D eigenvalue weighted by Gasteiger charge is -2.30. The fraction of sp³-hybridized carbons (Fsp3) is 0.409. The molecule has 1 amide bonds. The van der Waals surface area contributed by atoms with E-state index in [0.29, 0.717) is 10.2 Å². The van der Waals surface area contributed by atoms with Crippen LogP contribution in [0.1, 0.15) is 24.6 Å². The third kappa shape index (κ3) is 4.51. The third-order valence-corrected chi connectivity index (χ3v) is 6.70. The van der Waals surface area contributed by atoms with Crippen LogP contribution in [0.25, 0.3) is 21.3 Å². The summed E-state index contributed by atoms with van der Waals surface area (Å²) < 4.78 is 40.4. The van der Waals surface area contributed by atoms with Crippen molar-refractivity contribution in [2.75, 3.05) is 6.54 Å². The summed E-state index contributed by atoms with van der Waals surface area (Å²) in [5.74, 6) is -0.652. The molecule has 31 heavy (non-hydrogen) atoms. The molecule has 1 fully saturated rings. The standard InChI is InChI=1S/C22H22F3N3O2S/c1-13(15-8-9-15)28(11-22(23,24)25)17(29)10-27-12-26-20-19(21(27)30)18(14(2)31-20)16-6-4-3-5-7-16/h3-7,12-13,15H,8-11H2,1-2H3/t13-/m0/s1. The van der Waals surface area contributed by atoms with E-state index in [4.69, 9.17) is 0 Å². The number of alkyl halides is 3. The molecule has 0 unspecified atom stereocenters. The molecular weight excluding hydrogens is 427 g/mol. The fourth-order valence-electron chi connectivity index (χ4n) is 3.92. The van der Waals surface area contributed by atoms with Crippen molar-refractivity contribution in [2.24, 2.45) is 5.92 Å². The Balaban J connectivity index is 1.70. The molecule has 1 aromatic carbocycles. The Morgan fingerprint density at radius 1 is 1.29 bits per heavy atom. The Bertz CT molecular complexity index is 1170. The van der Waals surface area contributed by atoms with E-state index in [0.717, 1.165) is 38.3 Å². The van der Waals surface area contributed by atoms with E-state index in [1.54, 1.807) is 6.92 Å². The van der Waals surface area contributed by atoms with E-state index in [2.05, 4.69) is 4.98 Å². The molecule has 4 rings (SSSR count). The average molecular weight is 449 g/mol. The highest BCUT2D eigenvalue weighted by molar-refractivity contribution is 7.19. The van der Waals surface area contributed by atoms with E-state index in [-0.39, 0.29) is 5.92 Å². The van der Waals surface area contributed by atoms with E-state index in [1.807, 2.05) is 37.3 Å². The zero-order valence-electron chi connectivity index (χ0n) is 17.1. The second-order valence-corrected chi connectivity index (χ2v) is 9.18. The molecule has 164 valence electrons. The maximum atomic E-state index is 13.2. The Morgan fingerprint density at radius 3 is 2.58 bits per heavy atom. The molecule has 3 aromatic rings. The quantitative estimate of drug-likeness (QED) is 0.552. The second-order valence-electron chi connectivity index (χ2n) is 7.97. The van der Waals surface area contributed by atoms with Crippen molar-refractivity contribution in [3.05, 3.63) is 51.9 Å². The van der Waals surface area contributed by atoms with Crippen LogP contribution in [0.3, 0.4) is 0 Å². The van der Waals surface area contributed by atoms with Gasteiger partial charge in [-0.25, -0.2) is 4.98 Å². The number of amides is 1. The number of aromatic nitrogens is 2. The number of thiophene rings is 1. The molecule has 2 aromatic heterocycles. The molecular formula is C22H22F3N3O2S. The summed E-state index contributed by atoms with van der Waals surface area (Å²) in [5, 5.41) is 0.390. The molecule has 1 aliphatic carbocycles. The smallest absolute Gasteiger partial charge is 0.329 e. The summed E-state index contributed by atoms with van der Waals surface area (Å²) in [6.07, 6.45) is -1.63. The minimum absolute atomic E-state index is 0.0767. The zero-order chi connectivity index (χ0) is 22.3. The number of nitrogens with zero attached hydrogens (tertiary/aromatic N) is 3.